The maximum Gasteiger partial charge on any atom is 0.252 e. The first kappa shape index (κ1) is 40.9. The van der Waals surface area contributed by atoms with Crippen LogP contribution in [0.25, 0.3) is 43.9 Å². The minimum Gasteiger partial charge on any atom is -0.456 e. The first-order chi connectivity index (χ1) is 33.3. The Bertz CT molecular complexity index is 3850. The van der Waals surface area contributed by atoms with Gasteiger partial charge in [-0.1, -0.05) is 113 Å². The van der Waals surface area contributed by atoms with E-state index in [4.69, 9.17) is 8.83 Å². The van der Waals surface area contributed by atoms with Gasteiger partial charge in [0.1, 0.15) is 16.7 Å². The van der Waals surface area contributed by atoms with Crippen molar-refractivity contribution in [2.45, 2.75) is 97.4 Å². The van der Waals surface area contributed by atoms with Gasteiger partial charge in [0.2, 0.25) is 0 Å². The van der Waals surface area contributed by atoms with Crippen LogP contribution in [0.3, 0.4) is 0 Å². The van der Waals surface area contributed by atoms with Crippen LogP contribution in [0, 0.1) is 20.8 Å². The molecule has 0 saturated heterocycles. The highest BCUT2D eigenvalue weighted by molar-refractivity contribution is 7.00. The van der Waals surface area contributed by atoms with Crippen LogP contribution in [0.4, 0.5) is 45.5 Å². The average Bonchev–Trinajstić information content (AvgIpc) is 3.96. The molecule has 4 aliphatic rings. The van der Waals surface area contributed by atoms with Crippen LogP contribution in [0.1, 0.15) is 88.1 Å². The lowest BCUT2D eigenvalue weighted by atomic mass is 9.33. The molecule has 6 heteroatoms. The zero-order valence-electron chi connectivity index (χ0n) is 40.9. The minimum absolute atomic E-state index is 0.0208. The molecule has 0 bridgehead atoms. The highest BCUT2D eigenvalue weighted by Crippen LogP contribution is 2.62. The number of hydrogen-bond acceptors (Lipinski definition) is 5. The summed E-state index contributed by atoms with van der Waals surface area (Å²) >= 11 is 0. The molecule has 2 atom stereocenters. The maximum atomic E-state index is 6.99. The molecule has 1 saturated carbocycles. The van der Waals surface area contributed by atoms with Crippen molar-refractivity contribution in [3.63, 3.8) is 0 Å². The molecule has 2 unspecified atom stereocenters. The standard InChI is InChI=1S/C63H56BN3O2/c1-37-30-39(3)58-52(31-37)67(63(8)29-14-13-28-62(58,63)7)42-24-26-47-51(35-42)66(50-19-15-18-46-44-17-10-12-21-56(44)69-60(46)50)54-33-38(2)32-53-59(54)64(47)48-34-40(61(4,5)6)22-27-49(48)65(53)41-23-25-45-43-16-9-11-20-55(43)68-57(45)36-41/h9-12,15-27,30-36H,13-14,28-29H2,1-8H3. The van der Waals surface area contributed by atoms with E-state index in [1.807, 2.05) is 0 Å². The van der Waals surface area contributed by atoms with Crippen LogP contribution < -0.4 is 31.1 Å². The maximum absolute atomic E-state index is 6.99. The van der Waals surface area contributed by atoms with Gasteiger partial charge in [-0.15, -0.1) is 0 Å². The average molecular weight is 898 g/mol. The molecule has 14 rings (SSSR count). The number of furan rings is 2. The highest BCUT2D eigenvalue weighted by Gasteiger charge is 2.58. The van der Waals surface area contributed by atoms with E-state index in [0.29, 0.717) is 0 Å². The Kier molecular flexibility index (Phi) is 8.27. The third kappa shape index (κ3) is 5.49. The van der Waals surface area contributed by atoms with E-state index in [-0.39, 0.29) is 23.1 Å². The second kappa shape index (κ2) is 14.0. The molecule has 69 heavy (non-hydrogen) atoms. The van der Waals surface area contributed by atoms with Crippen molar-refractivity contribution in [2.24, 2.45) is 0 Å². The first-order valence-electron chi connectivity index (χ1n) is 25.1. The summed E-state index contributed by atoms with van der Waals surface area (Å²) in [6.45, 7) is 18.9. The Balaban J connectivity index is 1.07. The zero-order chi connectivity index (χ0) is 46.9. The molecule has 1 fully saturated rings. The molecular formula is C63H56BN3O2. The van der Waals surface area contributed by atoms with Gasteiger partial charge < -0.3 is 23.5 Å². The van der Waals surface area contributed by atoms with Gasteiger partial charge in [0.15, 0.2) is 5.58 Å². The van der Waals surface area contributed by atoms with Gasteiger partial charge in [-0.25, -0.2) is 0 Å². The zero-order valence-corrected chi connectivity index (χ0v) is 40.9. The topological polar surface area (TPSA) is 36.0 Å². The number of benzene rings is 8. The molecule has 8 aromatic carbocycles. The number of hydrogen-bond donors (Lipinski definition) is 0. The van der Waals surface area contributed by atoms with Crippen molar-refractivity contribution < 1.29 is 8.83 Å². The van der Waals surface area contributed by atoms with Crippen LogP contribution in [-0.4, -0.2) is 12.3 Å². The molecule has 0 N–H and O–H groups in total. The van der Waals surface area contributed by atoms with Gasteiger partial charge >= 0.3 is 0 Å². The highest BCUT2D eigenvalue weighted by atomic mass is 16.3. The quantitative estimate of drug-likeness (QED) is 0.165. The predicted octanol–water partition coefficient (Wildman–Crippen LogP) is 15.5. The van der Waals surface area contributed by atoms with E-state index in [1.54, 1.807) is 0 Å². The number of aryl methyl sites for hydroxylation is 3. The van der Waals surface area contributed by atoms with Gasteiger partial charge in [-0.2, -0.15) is 0 Å². The summed E-state index contributed by atoms with van der Waals surface area (Å²) in [7, 11) is 0. The van der Waals surface area contributed by atoms with Gasteiger partial charge in [-0.05, 0) is 157 Å². The molecule has 5 heterocycles. The monoisotopic (exact) mass is 897 g/mol. The largest absolute Gasteiger partial charge is 0.456 e. The summed E-state index contributed by atoms with van der Waals surface area (Å²) in [5.41, 5.74) is 23.6. The SMILES string of the molecule is Cc1cc2c3c(c1)N(c1cccc4c1oc1ccccc14)c1cc(N4c5cc(C)cc(C)c5C5(C)CCCCC45C)ccc1B3c1cc(C(C)(C)C)ccc1N2c1ccc2c(c1)oc1ccccc12. The van der Waals surface area contributed by atoms with Gasteiger partial charge in [0.25, 0.3) is 6.71 Å². The Morgan fingerprint density at radius 1 is 0.507 bits per heavy atom. The molecule has 1 aliphatic carbocycles. The fourth-order valence-electron chi connectivity index (χ4n) is 13.8. The Hall–Kier alpha value is -7.18. The predicted molar refractivity (Wildman–Crippen MR) is 291 cm³/mol. The van der Waals surface area contributed by atoms with E-state index in [2.05, 4.69) is 216 Å². The van der Waals surface area contributed by atoms with Crippen molar-refractivity contribution >= 4 is 112 Å². The van der Waals surface area contributed by atoms with E-state index < -0.39 is 0 Å². The van der Waals surface area contributed by atoms with Gasteiger partial charge in [0, 0.05) is 72.8 Å². The summed E-state index contributed by atoms with van der Waals surface area (Å²) in [5, 5.41) is 4.51. The third-order valence-corrected chi connectivity index (χ3v) is 17.1. The number of anilines is 8. The van der Waals surface area contributed by atoms with Crippen molar-refractivity contribution in [3.05, 3.63) is 173 Å². The summed E-state index contributed by atoms with van der Waals surface area (Å²) in [5.74, 6) is 0. The molecule has 0 spiro atoms. The van der Waals surface area contributed by atoms with E-state index in [0.717, 1.165) is 61.7 Å². The smallest absolute Gasteiger partial charge is 0.252 e. The Labute approximate surface area is 405 Å². The van der Waals surface area contributed by atoms with E-state index in [9.17, 15) is 0 Å². The number of para-hydroxylation sites is 3. The van der Waals surface area contributed by atoms with E-state index in [1.165, 1.54) is 97.6 Å². The molecular weight excluding hydrogens is 842 g/mol. The lowest BCUT2D eigenvalue weighted by molar-refractivity contribution is 0.194. The van der Waals surface area contributed by atoms with Crippen molar-refractivity contribution in [3.8, 4) is 0 Å². The Morgan fingerprint density at radius 3 is 1.97 bits per heavy atom. The summed E-state index contributed by atoms with van der Waals surface area (Å²) in [4.78, 5) is 7.83. The normalized spacial score (nSPS) is 19.4. The van der Waals surface area contributed by atoms with Crippen molar-refractivity contribution in [1.82, 2.24) is 0 Å². The fraction of sp³-hybridized carbons (Fsp3) is 0.238. The minimum atomic E-state index is -0.0965. The lowest BCUT2D eigenvalue weighted by Gasteiger charge is -2.51. The molecule has 3 aliphatic heterocycles. The number of nitrogens with zero attached hydrogens (tertiary/aromatic N) is 3. The van der Waals surface area contributed by atoms with Crippen LogP contribution in [0.15, 0.2) is 154 Å². The van der Waals surface area contributed by atoms with Crippen molar-refractivity contribution in [2.75, 3.05) is 14.7 Å². The third-order valence-electron chi connectivity index (χ3n) is 17.1. The second-order valence-electron chi connectivity index (χ2n) is 22.2. The summed E-state index contributed by atoms with van der Waals surface area (Å²) in [6, 6.07) is 54.8. The summed E-state index contributed by atoms with van der Waals surface area (Å²) in [6.07, 6.45) is 4.81. The molecule has 2 aromatic heterocycles. The molecule has 338 valence electrons. The molecule has 0 radical (unpaired) electrons. The second-order valence-corrected chi connectivity index (χ2v) is 22.2. The molecule has 0 amide bonds. The lowest BCUT2D eigenvalue weighted by Crippen LogP contribution is -2.61. The molecule has 10 aromatic rings. The van der Waals surface area contributed by atoms with Gasteiger partial charge in [0.05, 0.1) is 11.2 Å². The van der Waals surface area contributed by atoms with Crippen LogP contribution in [0.2, 0.25) is 0 Å². The van der Waals surface area contributed by atoms with Crippen molar-refractivity contribution in [1.29, 1.82) is 0 Å². The first-order valence-corrected chi connectivity index (χ1v) is 25.1. The van der Waals surface area contributed by atoms with Crippen LogP contribution >= 0.6 is 0 Å². The van der Waals surface area contributed by atoms with Crippen LogP contribution in [-0.2, 0) is 10.8 Å². The number of fused-ring (bicyclic) bond motifs is 13. The fourth-order valence-corrected chi connectivity index (χ4v) is 13.8. The summed E-state index contributed by atoms with van der Waals surface area (Å²) < 4.78 is 13.6. The Morgan fingerprint density at radius 2 is 1.17 bits per heavy atom. The van der Waals surface area contributed by atoms with Gasteiger partial charge in [-0.3, -0.25) is 0 Å². The number of rotatable bonds is 3. The van der Waals surface area contributed by atoms with Crippen LogP contribution in [0.5, 0.6) is 0 Å². The molecule has 5 nitrogen and oxygen atoms in total. The van der Waals surface area contributed by atoms with E-state index >= 15 is 0 Å².